The molecular formula is C68H76O12. The average Bonchev–Trinajstić information content (AvgIpc) is 3.45. The van der Waals surface area contributed by atoms with E-state index in [1.807, 2.05) is 0 Å². The molecule has 0 saturated heterocycles. The third-order valence-corrected chi connectivity index (χ3v) is 20.0. The van der Waals surface area contributed by atoms with Crippen LogP contribution in [-0.2, 0) is 48.7 Å². The minimum absolute atomic E-state index is 0.00547. The van der Waals surface area contributed by atoms with E-state index in [0.717, 1.165) is 49.7 Å². The predicted molar refractivity (Wildman–Crippen MR) is 303 cm³/mol. The first-order valence-electron chi connectivity index (χ1n) is 29.6. The molecule has 1 spiro atoms. The Morgan fingerprint density at radius 3 is 2.48 bits per heavy atom. The molecule has 80 heavy (non-hydrogen) atoms. The maximum Gasteiger partial charge on any atom is 0.340 e. The number of hydrogen-bond donors (Lipinski definition) is 4. The zero-order valence-electron chi connectivity index (χ0n) is 46.0. The highest BCUT2D eigenvalue weighted by Crippen LogP contribution is 2.58. The van der Waals surface area contributed by atoms with Gasteiger partial charge in [-0.15, -0.1) is 0 Å². The zero-order chi connectivity index (χ0) is 55.1. The van der Waals surface area contributed by atoms with E-state index in [1.165, 1.54) is 47.9 Å². The van der Waals surface area contributed by atoms with E-state index < -0.39 is 54.7 Å². The first-order valence-corrected chi connectivity index (χ1v) is 29.6. The number of aliphatic hydroxyl groups is 4. The second kappa shape index (κ2) is 23.0. The van der Waals surface area contributed by atoms with Gasteiger partial charge in [-0.1, -0.05) is 123 Å². The molecule has 12 heteroatoms. The number of fused-ring (bicyclic) bond motifs is 16. The molecule has 2 saturated carbocycles. The minimum Gasteiger partial charge on any atom is -0.482 e. The molecule has 4 aromatic carbocycles. The number of aliphatic hydroxyl groups excluding tert-OH is 4. The molecule has 5 aliphatic carbocycles. The number of rotatable bonds is 10. The molecule has 13 rings (SSSR count). The molecule has 4 heterocycles. The van der Waals surface area contributed by atoms with Crippen molar-refractivity contribution in [2.24, 2.45) is 23.7 Å². The van der Waals surface area contributed by atoms with Crippen molar-refractivity contribution in [2.45, 2.75) is 157 Å². The monoisotopic (exact) mass is 1080 g/mol. The number of carbonyl (C=O) groups is 2. The van der Waals surface area contributed by atoms with Gasteiger partial charge in [0.1, 0.15) is 18.1 Å². The Morgan fingerprint density at radius 1 is 0.812 bits per heavy atom. The summed E-state index contributed by atoms with van der Waals surface area (Å²) in [6.07, 6.45) is 18.9. The highest BCUT2D eigenvalue weighted by molar-refractivity contribution is 5.90. The van der Waals surface area contributed by atoms with Gasteiger partial charge >= 0.3 is 17.6 Å². The van der Waals surface area contributed by atoms with E-state index in [-0.39, 0.29) is 96.4 Å². The average molecular weight is 1090 g/mol. The summed E-state index contributed by atoms with van der Waals surface area (Å²) in [4.78, 5) is 45.4. The molecule has 11 atom stereocenters. The summed E-state index contributed by atoms with van der Waals surface area (Å²) < 4.78 is 33.1. The summed E-state index contributed by atoms with van der Waals surface area (Å²) in [7, 11) is 0. The number of benzene rings is 4. The van der Waals surface area contributed by atoms with Gasteiger partial charge in [-0.3, -0.25) is 4.79 Å². The molecule has 4 N–H and O–H groups in total. The lowest BCUT2D eigenvalue weighted by Crippen LogP contribution is -2.62. The molecule has 0 unspecified atom stereocenters. The van der Waals surface area contributed by atoms with Gasteiger partial charge < -0.3 is 43.8 Å². The Labute approximate surface area is 468 Å². The standard InChI is InChI=1S/C68H76O12/c1-41(37-70)52-26-20-42-18-21-43(22-19-42)53-27-24-47(46-12-8-15-51(35-46)67-31-7-6-14-50(67)25-23-45-11-2-4-16-56(45)67)34-49(53)36-59(73)77-63-61-58(80-68(64(63)79-65(52)74)32-9-13-44-10-3-5-17-57(44)68)29-28-54-55(38-71)60(66(75)78-62(54)61)48(30-33-69)39-76-40-72/h2,4,8-9,11-13,15-16,18-19,21-22,24,27-29,35,44,47-50,53,57,63-64,69-72H,3,5-7,10,14,17,20,23,25-26,30-34,36-40H2,1H3/b52-41-/t44-,47+,48+,49+,50+,53-,57+,63+,64-,67+,68-/m0/s1. The van der Waals surface area contributed by atoms with Crippen LogP contribution in [0.5, 0.6) is 5.75 Å². The van der Waals surface area contributed by atoms with E-state index in [0.29, 0.717) is 47.5 Å². The van der Waals surface area contributed by atoms with Crippen molar-refractivity contribution < 1.29 is 53.4 Å². The van der Waals surface area contributed by atoms with Crippen molar-refractivity contribution in [3.8, 4) is 5.75 Å². The van der Waals surface area contributed by atoms with Crippen LogP contribution < -0.4 is 10.4 Å². The Bertz CT molecular complexity index is 3280. The molecule has 3 aliphatic heterocycles. The summed E-state index contributed by atoms with van der Waals surface area (Å²) in [5, 5.41) is 41.9. The van der Waals surface area contributed by atoms with E-state index in [1.54, 1.807) is 19.1 Å². The van der Waals surface area contributed by atoms with Crippen molar-refractivity contribution in [2.75, 3.05) is 26.6 Å². The van der Waals surface area contributed by atoms with E-state index >= 15 is 9.59 Å². The van der Waals surface area contributed by atoms with Crippen LogP contribution in [0.1, 0.15) is 171 Å². The Hall–Kier alpha value is -6.15. The van der Waals surface area contributed by atoms with Gasteiger partial charge in [-0.05, 0) is 146 Å². The van der Waals surface area contributed by atoms with Crippen molar-refractivity contribution in [3.63, 3.8) is 0 Å². The molecule has 0 amide bonds. The molecule has 2 bridgehead atoms. The molecule has 0 radical (unpaired) electrons. The zero-order valence-corrected chi connectivity index (χ0v) is 46.0. The summed E-state index contributed by atoms with van der Waals surface area (Å²) in [5.41, 5.74) is 6.88. The third kappa shape index (κ3) is 9.70. The molecule has 12 nitrogen and oxygen atoms in total. The molecule has 1 aromatic heterocycles. The fourth-order valence-electron chi connectivity index (χ4n) is 16.2. The van der Waals surface area contributed by atoms with E-state index in [9.17, 15) is 25.2 Å². The van der Waals surface area contributed by atoms with Crippen molar-refractivity contribution in [1.29, 1.82) is 0 Å². The number of aryl methyl sites for hydroxylation is 2. The fraction of sp³-hybridized carbons (Fsp3) is 0.485. The number of ether oxygens (including phenoxy) is 4. The van der Waals surface area contributed by atoms with Gasteiger partial charge in [0.25, 0.3) is 0 Å². The lowest BCUT2D eigenvalue weighted by atomic mass is 9.54. The van der Waals surface area contributed by atoms with Gasteiger partial charge in [0.2, 0.25) is 0 Å². The van der Waals surface area contributed by atoms with E-state index in [2.05, 4.69) is 97.1 Å². The highest BCUT2D eigenvalue weighted by Gasteiger charge is 2.61. The molecular weight excluding hydrogens is 1010 g/mol. The van der Waals surface area contributed by atoms with Crippen LogP contribution in [0, 0.1) is 23.7 Å². The van der Waals surface area contributed by atoms with Crippen molar-refractivity contribution >= 4 is 22.9 Å². The maximum atomic E-state index is 15.7. The van der Waals surface area contributed by atoms with Crippen LogP contribution in [0.3, 0.4) is 0 Å². The van der Waals surface area contributed by atoms with Gasteiger partial charge in [0.05, 0.1) is 25.4 Å². The van der Waals surface area contributed by atoms with Crippen LogP contribution in [0.25, 0.3) is 11.0 Å². The lowest BCUT2D eigenvalue weighted by molar-refractivity contribution is -0.208. The number of allylic oxidation sites excluding steroid dienone is 3. The first-order chi connectivity index (χ1) is 39.1. The van der Waals surface area contributed by atoms with Crippen LogP contribution in [0.2, 0.25) is 0 Å². The smallest absolute Gasteiger partial charge is 0.340 e. The second-order valence-electron chi connectivity index (χ2n) is 24.1. The van der Waals surface area contributed by atoms with Gasteiger partial charge in [-0.25, -0.2) is 9.59 Å². The van der Waals surface area contributed by atoms with E-state index in [4.69, 9.17) is 23.4 Å². The van der Waals surface area contributed by atoms with Crippen molar-refractivity contribution in [3.05, 3.63) is 181 Å². The predicted octanol–water partition coefficient (Wildman–Crippen LogP) is 11.3. The first kappa shape index (κ1) is 54.4. The number of hydrogen-bond acceptors (Lipinski definition) is 12. The lowest BCUT2D eigenvalue weighted by Gasteiger charge is -2.54. The normalized spacial score (nSPS) is 30.2. The molecule has 8 aliphatic rings. The summed E-state index contributed by atoms with van der Waals surface area (Å²) >= 11 is 0. The Kier molecular flexibility index (Phi) is 15.7. The van der Waals surface area contributed by atoms with Gasteiger partial charge in [0.15, 0.2) is 17.8 Å². The molecule has 2 fully saturated rings. The third-order valence-electron chi connectivity index (χ3n) is 20.0. The van der Waals surface area contributed by atoms with Crippen LogP contribution in [-0.4, -0.2) is 70.7 Å². The minimum atomic E-state index is -1.35. The highest BCUT2D eigenvalue weighted by atomic mass is 16.6. The number of esters is 2. The van der Waals surface area contributed by atoms with Gasteiger partial charge in [-0.2, -0.15) is 0 Å². The second-order valence-corrected chi connectivity index (χ2v) is 24.1. The quantitative estimate of drug-likeness (QED) is 0.0342. The SMILES string of the molecule is C/C(CO)=C1\CCc2ccc(cc2)[C@@H]2C=C[C@@H](c3cccc([C@@]45CCCC[C@@H]4CCc4ccccc45)c3)C[C@@H]2CC(=O)O[C@@H]2c3c(ccc4c(CO)c([C@H](CCO)COCO)c(=O)oc34)O[C@]3(CC=C[C@@H]4CCCC[C@H]43)[C@H]2OC1=O. The van der Waals surface area contributed by atoms with Crippen LogP contribution >= 0.6 is 0 Å². The topological polar surface area (TPSA) is 182 Å². The Balaban J connectivity index is 0.994. The summed E-state index contributed by atoms with van der Waals surface area (Å²) in [6, 6.07) is 30.3. The largest absolute Gasteiger partial charge is 0.482 e. The van der Waals surface area contributed by atoms with Crippen LogP contribution in [0.4, 0.5) is 0 Å². The molecule has 5 aromatic rings. The Morgan fingerprint density at radius 2 is 1.65 bits per heavy atom. The number of carbonyl (C=O) groups excluding carboxylic acids is 2. The summed E-state index contributed by atoms with van der Waals surface area (Å²) in [6.45, 7) is -0.285. The fourth-order valence-corrected chi connectivity index (χ4v) is 16.2. The molecule has 420 valence electrons. The van der Waals surface area contributed by atoms with Crippen molar-refractivity contribution in [1.82, 2.24) is 0 Å². The van der Waals surface area contributed by atoms with Crippen LogP contribution in [0.15, 0.2) is 130 Å². The maximum absolute atomic E-state index is 15.7. The summed E-state index contributed by atoms with van der Waals surface area (Å²) in [5.74, 6) is -1.45. The van der Waals surface area contributed by atoms with Gasteiger partial charge in [0, 0.05) is 65.1 Å².